The van der Waals surface area contributed by atoms with Gasteiger partial charge in [0.15, 0.2) is 0 Å². The van der Waals surface area contributed by atoms with E-state index in [4.69, 9.17) is 9.47 Å². The Labute approximate surface area is 159 Å². The average molecular weight is 368 g/mol. The number of cyclic esters (lactones) is 1. The van der Waals surface area contributed by atoms with E-state index in [1.54, 1.807) is 36.3 Å². The molecule has 0 spiro atoms. The Morgan fingerprint density at radius 2 is 2.00 bits per heavy atom. The Kier molecular flexibility index (Phi) is 5.64. The van der Waals surface area contributed by atoms with Crippen LogP contribution < -0.4 is 15.0 Å². The maximum Gasteiger partial charge on any atom is 0.414 e. The molecule has 1 fully saturated rings. The molecule has 1 N–H and O–H groups in total. The molecule has 3 rings (SSSR count). The highest BCUT2D eigenvalue weighted by molar-refractivity contribution is 5.94. The molecule has 27 heavy (non-hydrogen) atoms. The van der Waals surface area contributed by atoms with Crippen LogP contribution in [0.2, 0.25) is 0 Å². The van der Waals surface area contributed by atoms with E-state index in [0.717, 1.165) is 5.69 Å². The molecule has 1 aliphatic rings. The quantitative estimate of drug-likeness (QED) is 0.846. The van der Waals surface area contributed by atoms with Crippen LogP contribution in [0.1, 0.15) is 35.7 Å². The first-order valence-corrected chi connectivity index (χ1v) is 8.98. The Hall–Kier alpha value is -3.02. The van der Waals surface area contributed by atoms with Crippen LogP contribution in [0.4, 0.5) is 10.5 Å². The molecule has 6 nitrogen and oxygen atoms in total. The highest BCUT2D eigenvalue weighted by Gasteiger charge is 2.32. The van der Waals surface area contributed by atoms with Crippen molar-refractivity contribution < 1.29 is 19.1 Å². The number of methoxy groups -OCH3 is 1. The summed E-state index contributed by atoms with van der Waals surface area (Å²) in [5.41, 5.74) is 2.51. The number of rotatable bonds is 6. The third-order valence-corrected chi connectivity index (χ3v) is 4.57. The highest BCUT2D eigenvalue weighted by Crippen LogP contribution is 2.24. The predicted octanol–water partition coefficient (Wildman–Crippen LogP) is 3.57. The zero-order valence-corrected chi connectivity index (χ0v) is 15.8. The van der Waals surface area contributed by atoms with Crippen molar-refractivity contribution in [3.8, 4) is 5.75 Å². The molecule has 142 valence electrons. The molecule has 0 radical (unpaired) electrons. The standard InChI is InChI=1S/C21H24N2O4/c1-14(2)15-7-9-17(10-8-15)23-13-19(27-21(23)25)12-22-20(24)16-5-4-6-18(11-16)26-3/h4-11,14,19H,12-13H2,1-3H3,(H,22,24). The van der Waals surface area contributed by atoms with Gasteiger partial charge in [0.05, 0.1) is 20.2 Å². The number of amides is 2. The van der Waals surface area contributed by atoms with Crippen LogP contribution in [0.15, 0.2) is 48.5 Å². The van der Waals surface area contributed by atoms with Gasteiger partial charge in [0.1, 0.15) is 11.9 Å². The molecule has 2 amide bonds. The molecule has 1 atom stereocenters. The largest absolute Gasteiger partial charge is 0.497 e. The van der Waals surface area contributed by atoms with E-state index in [1.165, 1.54) is 5.56 Å². The van der Waals surface area contributed by atoms with E-state index in [1.807, 2.05) is 24.3 Å². The number of anilines is 1. The molecular formula is C21H24N2O4. The maximum absolute atomic E-state index is 12.3. The van der Waals surface area contributed by atoms with Crippen molar-refractivity contribution in [3.63, 3.8) is 0 Å². The Balaban J connectivity index is 1.58. The number of nitrogens with one attached hydrogen (secondary N) is 1. The zero-order valence-electron chi connectivity index (χ0n) is 15.8. The van der Waals surface area contributed by atoms with Gasteiger partial charge in [-0.2, -0.15) is 0 Å². The first-order chi connectivity index (χ1) is 13.0. The minimum atomic E-state index is -0.395. The molecule has 0 aromatic heterocycles. The lowest BCUT2D eigenvalue weighted by atomic mass is 10.0. The van der Waals surface area contributed by atoms with E-state index < -0.39 is 12.2 Å². The number of hydrogen-bond donors (Lipinski definition) is 1. The van der Waals surface area contributed by atoms with Crippen molar-refractivity contribution >= 4 is 17.7 Å². The van der Waals surface area contributed by atoms with E-state index in [2.05, 4.69) is 19.2 Å². The summed E-state index contributed by atoms with van der Waals surface area (Å²) in [6, 6.07) is 14.8. The molecule has 1 heterocycles. The van der Waals surface area contributed by atoms with Crippen molar-refractivity contribution in [1.82, 2.24) is 5.32 Å². The second-order valence-corrected chi connectivity index (χ2v) is 6.80. The summed E-state index contributed by atoms with van der Waals surface area (Å²) < 4.78 is 10.5. The maximum atomic E-state index is 12.3. The topological polar surface area (TPSA) is 67.9 Å². The summed E-state index contributed by atoms with van der Waals surface area (Å²) in [6.07, 6.45) is -0.787. The highest BCUT2D eigenvalue weighted by atomic mass is 16.6. The third kappa shape index (κ3) is 4.39. The van der Waals surface area contributed by atoms with Gasteiger partial charge >= 0.3 is 6.09 Å². The second-order valence-electron chi connectivity index (χ2n) is 6.80. The molecule has 0 bridgehead atoms. The van der Waals surface area contributed by atoms with Gasteiger partial charge in [0, 0.05) is 11.3 Å². The fourth-order valence-electron chi connectivity index (χ4n) is 2.95. The lowest BCUT2D eigenvalue weighted by Gasteiger charge is -2.14. The van der Waals surface area contributed by atoms with E-state index in [-0.39, 0.29) is 12.5 Å². The van der Waals surface area contributed by atoms with Gasteiger partial charge in [-0.3, -0.25) is 9.69 Å². The van der Waals surface area contributed by atoms with Crippen LogP contribution in [0.5, 0.6) is 5.75 Å². The van der Waals surface area contributed by atoms with Crippen LogP contribution in [0.3, 0.4) is 0 Å². The number of nitrogens with zero attached hydrogens (tertiary/aromatic N) is 1. The monoisotopic (exact) mass is 368 g/mol. The van der Waals surface area contributed by atoms with Crippen molar-refractivity contribution in [2.75, 3.05) is 25.1 Å². The van der Waals surface area contributed by atoms with Gasteiger partial charge in [-0.25, -0.2) is 4.79 Å². The summed E-state index contributed by atoms with van der Waals surface area (Å²) in [7, 11) is 1.55. The van der Waals surface area contributed by atoms with Crippen molar-refractivity contribution in [1.29, 1.82) is 0 Å². The van der Waals surface area contributed by atoms with Crippen LogP contribution >= 0.6 is 0 Å². The summed E-state index contributed by atoms with van der Waals surface area (Å²) >= 11 is 0. The Morgan fingerprint density at radius 1 is 1.26 bits per heavy atom. The predicted molar refractivity (Wildman–Crippen MR) is 103 cm³/mol. The molecule has 0 aliphatic carbocycles. The molecule has 2 aromatic rings. The Morgan fingerprint density at radius 3 is 2.67 bits per heavy atom. The van der Waals surface area contributed by atoms with Crippen LogP contribution in [0, 0.1) is 0 Å². The summed E-state index contributed by atoms with van der Waals surface area (Å²) in [6.45, 7) is 4.90. The first kappa shape index (κ1) is 18.8. The van der Waals surface area contributed by atoms with Gasteiger partial charge in [-0.1, -0.05) is 32.0 Å². The zero-order chi connectivity index (χ0) is 19.4. The number of ether oxygens (including phenoxy) is 2. The molecule has 0 saturated carbocycles. The fraction of sp³-hybridized carbons (Fsp3) is 0.333. The van der Waals surface area contributed by atoms with Gasteiger partial charge in [-0.15, -0.1) is 0 Å². The number of carbonyl (C=O) groups excluding carboxylic acids is 2. The molecule has 1 unspecified atom stereocenters. The number of carbonyl (C=O) groups is 2. The second kappa shape index (κ2) is 8.12. The average Bonchev–Trinajstić information content (AvgIpc) is 3.06. The van der Waals surface area contributed by atoms with Gasteiger partial charge in [-0.05, 0) is 41.8 Å². The van der Waals surface area contributed by atoms with Crippen molar-refractivity contribution in [2.45, 2.75) is 25.9 Å². The summed E-state index contributed by atoms with van der Waals surface area (Å²) in [5.74, 6) is 0.819. The smallest absolute Gasteiger partial charge is 0.414 e. The molecular weight excluding hydrogens is 344 g/mol. The van der Waals surface area contributed by atoms with Crippen molar-refractivity contribution in [3.05, 3.63) is 59.7 Å². The van der Waals surface area contributed by atoms with Gasteiger partial charge in [0.2, 0.25) is 0 Å². The van der Waals surface area contributed by atoms with Crippen LogP contribution in [-0.4, -0.2) is 38.3 Å². The van der Waals surface area contributed by atoms with Gasteiger partial charge < -0.3 is 14.8 Å². The van der Waals surface area contributed by atoms with E-state index in [0.29, 0.717) is 23.8 Å². The SMILES string of the molecule is COc1cccc(C(=O)NCC2CN(c3ccc(C(C)C)cc3)C(=O)O2)c1. The summed E-state index contributed by atoms with van der Waals surface area (Å²) in [5, 5.41) is 2.81. The third-order valence-electron chi connectivity index (χ3n) is 4.57. The first-order valence-electron chi connectivity index (χ1n) is 8.98. The molecule has 1 saturated heterocycles. The van der Waals surface area contributed by atoms with Crippen LogP contribution in [0.25, 0.3) is 0 Å². The molecule has 6 heteroatoms. The lowest BCUT2D eigenvalue weighted by Crippen LogP contribution is -2.34. The lowest BCUT2D eigenvalue weighted by molar-refractivity contribution is 0.0916. The minimum absolute atomic E-state index is 0.232. The molecule has 2 aromatic carbocycles. The fourth-order valence-corrected chi connectivity index (χ4v) is 2.95. The van der Waals surface area contributed by atoms with E-state index >= 15 is 0 Å². The normalized spacial score (nSPS) is 16.4. The number of hydrogen-bond acceptors (Lipinski definition) is 4. The van der Waals surface area contributed by atoms with Crippen molar-refractivity contribution in [2.24, 2.45) is 0 Å². The summed E-state index contributed by atoms with van der Waals surface area (Å²) in [4.78, 5) is 26.0. The molecule has 1 aliphatic heterocycles. The van der Waals surface area contributed by atoms with Crippen LogP contribution in [-0.2, 0) is 4.74 Å². The Bertz CT molecular complexity index is 817. The van der Waals surface area contributed by atoms with E-state index in [9.17, 15) is 9.59 Å². The minimum Gasteiger partial charge on any atom is -0.497 e. The van der Waals surface area contributed by atoms with Gasteiger partial charge in [0.25, 0.3) is 5.91 Å². The number of benzene rings is 2.